The maximum atomic E-state index is 10.9. The van der Waals surface area contributed by atoms with Crippen LogP contribution in [0, 0.1) is 0 Å². The topological polar surface area (TPSA) is 20.3 Å². The van der Waals surface area contributed by atoms with E-state index >= 15 is 0 Å². The molecule has 1 saturated carbocycles. The van der Waals surface area contributed by atoms with Gasteiger partial charge < -0.3 is 0 Å². The molecule has 0 aliphatic heterocycles. The summed E-state index contributed by atoms with van der Waals surface area (Å²) in [4.78, 5) is 13.0. The highest BCUT2D eigenvalue weighted by molar-refractivity contribution is 9.09. The normalized spacial score (nSPS) is 17.9. The Morgan fingerprint density at radius 1 is 1.70 bits per heavy atom. The molecular formula is C7H12BrNO. The largest absolute Gasteiger partial charge is 0.297 e. The molecular weight excluding hydrogens is 194 g/mol. The molecule has 58 valence electrons. The van der Waals surface area contributed by atoms with Crippen LogP contribution in [-0.2, 0) is 4.79 Å². The van der Waals surface area contributed by atoms with Crippen LogP contribution in [0.1, 0.15) is 12.8 Å². The fourth-order valence-electron chi connectivity index (χ4n) is 0.965. The summed E-state index contributed by atoms with van der Waals surface area (Å²) in [5, 5.41) is 0.490. The maximum Gasteiger partial charge on any atom is 0.157 e. The van der Waals surface area contributed by atoms with Gasteiger partial charge in [0.2, 0.25) is 0 Å². The SMILES string of the molecule is CN(CC(=O)CBr)C1CC1. The van der Waals surface area contributed by atoms with E-state index in [1.54, 1.807) is 0 Å². The van der Waals surface area contributed by atoms with E-state index in [-0.39, 0.29) is 5.78 Å². The van der Waals surface area contributed by atoms with Crippen LogP contribution in [0.4, 0.5) is 0 Å². The first-order chi connectivity index (χ1) is 4.74. The average Bonchev–Trinajstić information content (AvgIpc) is 2.68. The van der Waals surface area contributed by atoms with E-state index in [4.69, 9.17) is 0 Å². The zero-order valence-corrected chi connectivity index (χ0v) is 7.73. The molecule has 0 amide bonds. The lowest BCUT2D eigenvalue weighted by molar-refractivity contribution is -0.117. The third-order valence-electron chi connectivity index (χ3n) is 1.75. The van der Waals surface area contributed by atoms with Crippen LogP contribution in [0.2, 0.25) is 0 Å². The number of hydrogen-bond acceptors (Lipinski definition) is 2. The Labute approximate surface area is 69.7 Å². The smallest absolute Gasteiger partial charge is 0.157 e. The van der Waals surface area contributed by atoms with Gasteiger partial charge in [0, 0.05) is 6.04 Å². The minimum absolute atomic E-state index is 0.273. The Balaban J connectivity index is 2.16. The summed E-state index contributed by atoms with van der Waals surface area (Å²) in [5.74, 6) is 0.273. The number of hydrogen-bond donors (Lipinski definition) is 0. The molecule has 0 bridgehead atoms. The van der Waals surface area contributed by atoms with Crippen LogP contribution in [-0.4, -0.2) is 35.6 Å². The number of halogens is 1. The van der Waals surface area contributed by atoms with Gasteiger partial charge in [-0.1, -0.05) is 15.9 Å². The molecule has 1 fully saturated rings. The van der Waals surface area contributed by atoms with Crippen LogP contribution in [0.3, 0.4) is 0 Å². The molecule has 0 aromatic heterocycles. The molecule has 0 N–H and O–H groups in total. The monoisotopic (exact) mass is 205 g/mol. The number of alkyl halides is 1. The average molecular weight is 206 g/mol. The standard InChI is InChI=1S/C7H12BrNO/c1-9(6-2-3-6)5-7(10)4-8/h6H,2-5H2,1H3. The quantitative estimate of drug-likeness (QED) is 0.640. The van der Waals surface area contributed by atoms with Crippen LogP contribution < -0.4 is 0 Å². The van der Waals surface area contributed by atoms with Gasteiger partial charge in [-0.15, -0.1) is 0 Å². The highest BCUT2D eigenvalue weighted by atomic mass is 79.9. The van der Waals surface area contributed by atoms with Crippen LogP contribution in [0.25, 0.3) is 0 Å². The van der Waals surface area contributed by atoms with Crippen molar-refractivity contribution < 1.29 is 4.79 Å². The molecule has 0 spiro atoms. The van der Waals surface area contributed by atoms with Crippen LogP contribution in [0.5, 0.6) is 0 Å². The minimum Gasteiger partial charge on any atom is -0.297 e. The number of likely N-dealkylation sites (N-methyl/N-ethyl adjacent to an activating group) is 1. The molecule has 0 aromatic rings. The van der Waals surface area contributed by atoms with Gasteiger partial charge in [-0.05, 0) is 19.9 Å². The summed E-state index contributed by atoms with van der Waals surface area (Å²) < 4.78 is 0. The van der Waals surface area contributed by atoms with Crippen molar-refractivity contribution in [3.63, 3.8) is 0 Å². The number of nitrogens with zero attached hydrogens (tertiary/aromatic N) is 1. The van der Waals surface area contributed by atoms with Crippen molar-refractivity contribution in [1.82, 2.24) is 4.90 Å². The predicted octanol–water partition coefficient (Wildman–Crippen LogP) is 1.04. The summed E-state index contributed by atoms with van der Waals surface area (Å²) in [6.07, 6.45) is 2.54. The number of ketones is 1. The molecule has 0 saturated heterocycles. The first-order valence-corrected chi connectivity index (χ1v) is 4.64. The van der Waals surface area contributed by atoms with E-state index in [0.29, 0.717) is 17.9 Å². The van der Waals surface area contributed by atoms with E-state index in [0.717, 1.165) is 0 Å². The second-order valence-corrected chi connectivity index (χ2v) is 3.38. The fourth-order valence-corrected chi connectivity index (χ4v) is 1.14. The fraction of sp³-hybridized carbons (Fsp3) is 0.857. The van der Waals surface area contributed by atoms with Crippen molar-refractivity contribution in [3.8, 4) is 0 Å². The Kier molecular flexibility index (Phi) is 2.86. The Bertz CT molecular complexity index is 134. The summed E-state index contributed by atoms with van der Waals surface area (Å²) in [6, 6.07) is 0.697. The minimum atomic E-state index is 0.273. The summed E-state index contributed by atoms with van der Waals surface area (Å²) in [7, 11) is 2.01. The lowest BCUT2D eigenvalue weighted by atomic mass is 10.4. The van der Waals surface area contributed by atoms with E-state index in [1.165, 1.54) is 12.8 Å². The maximum absolute atomic E-state index is 10.9. The van der Waals surface area contributed by atoms with Crippen molar-refractivity contribution >= 4 is 21.7 Å². The molecule has 3 heteroatoms. The summed E-state index contributed by atoms with van der Waals surface area (Å²) >= 11 is 3.14. The van der Waals surface area contributed by atoms with E-state index in [1.807, 2.05) is 7.05 Å². The Hall–Kier alpha value is 0.110. The lowest BCUT2D eigenvalue weighted by Crippen LogP contribution is -2.28. The van der Waals surface area contributed by atoms with Crippen molar-refractivity contribution in [2.24, 2.45) is 0 Å². The van der Waals surface area contributed by atoms with Gasteiger partial charge in [-0.3, -0.25) is 9.69 Å². The first kappa shape index (κ1) is 8.21. The van der Waals surface area contributed by atoms with Crippen molar-refractivity contribution in [3.05, 3.63) is 0 Å². The van der Waals surface area contributed by atoms with Gasteiger partial charge in [0.25, 0.3) is 0 Å². The molecule has 0 heterocycles. The van der Waals surface area contributed by atoms with E-state index in [2.05, 4.69) is 20.8 Å². The molecule has 10 heavy (non-hydrogen) atoms. The number of rotatable bonds is 4. The van der Waals surface area contributed by atoms with Gasteiger partial charge in [-0.2, -0.15) is 0 Å². The number of carbonyl (C=O) groups is 1. The van der Waals surface area contributed by atoms with Gasteiger partial charge in [-0.25, -0.2) is 0 Å². The van der Waals surface area contributed by atoms with Crippen LogP contribution >= 0.6 is 15.9 Å². The second-order valence-electron chi connectivity index (χ2n) is 2.82. The van der Waals surface area contributed by atoms with Gasteiger partial charge in [0.1, 0.15) is 0 Å². The van der Waals surface area contributed by atoms with Gasteiger partial charge in [0.15, 0.2) is 5.78 Å². The zero-order chi connectivity index (χ0) is 7.56. The van der Waals surface area contributed by atoms with E-state index < -0.39 is 0 Å². The molecule has 1 aliphatic carbocycles. The predicted molar refractivity (Wildman–Crippen MR) is 44.5 cm³/mol. The van der Waals surface area contributed by atoms with Crippen molar-refractivity contribution in [1.29, 1.82) is 0 Å². The third-order valence-corrected chi connectivity index (χ3v) is 2.37. The van der Waals surface area contributed by atoms with E-state index in [9.17, 15) is 4.79 Å². The van der Waals surface area contributed by atoms with Crippen LogP contribution in [0.15, 0.2) is 0 Å². The molecule has 0 atom stereocenters. The number of carbonyl (C=O) groups excluding carboxylic acids is 1. The molecule has 0 aromatic carbocycles. The van der Waals surface area contributed by atoms with Crippen molar-refractivity contribution in [2.45, 2.75) is 18.9 Å². The molecule has 0 unspecified atom stereocenters. The van der Waals surface area contributed by atoms with Gasteiger partial charge >= 0.3 is 0 Å². The molecule has 0 radical (unpaired) electrons. The zero-order valence-electron chi connectivity index (χ0n) is 6.14. The first-order valence-electron chi connectivity index (χ1n) is 3.52. The highest BCUT2D eigenvalue weighted by Crippen LogP contribution is 2.24. The van der Waals surface area contributed by atoms with Gasteiger partial charge in [0.05, 0.1) is 11.9 Å². The highest BCUT2D eigenvalue weighted by Gasteiger charge is 2.26. The summed E-state index contributed by atoms with van der Waals surface area (Å²) in [6.45, 7) is 0.607. The molecule has 2 nitrogen and oxygen atoms in total. The third kappa shape index (κ3) is 2.39. The van der Waals surface area contributed by atoms with Crippen molar-refractivity contribution in [2.75, 3.05) is 18.9 Å². The Morgan fingerprint density at radius 2 is 2.30 bits per heavy atom. The second kappa shape index (κ2) is 3.49. The number of Topliss-reactive ketones (excluding diaryl/α,β-unsaturated/α-hetero) is 1. The summed E-state index contributed by atoms with van der Waals surface area (Å²) in [5.41, 5.74) is 0. The molecule has 1 aliphatic rings. The Morgan fingerprint density at radius 3 is 2.70 bits per heavy atom. The molecule has 1 rings (SSSR count). The lowest BCUT2D eigenvalue weighted by Gasteiger charge is -2.12.